The molecule has 1 heterocycles. The molecule has 0 aliphatic carbocycles. The number of benzene rings is 1. The monoisotopic (exact) mass is 342 g/mol. The Morgan fingerprint density at radius 3 is 2.55 bits per heavy atom. The molecule has 1 aromatic carbocycles. The summed E-state index contributed by atoms with van der Waals surface area (Å²) in [5, 5.41) is 3.66. The molecule has 1 fully saturated rings. The second kappa shape index (κ2) is 7.81. The summed E-state index contributed by atoms with van der Waals surface area (Å²) in [7, 11) is -3.03. The summed E-state index contributed by atoms with van der Waals surface area (Å²) in [4.78, 5) is 1.34. The summed E-state index contributed by atoms with van der Waals surface area (Å²) in [5.41, 5.74) is 1.38. The summed E-state index contributed by atoms with van der Waals surface area (Å²) in [6.07, 6.45) is 6.19. The molecule has 1 aliphatic rings. The van der Waals surface area contributed by atoms with E-state index in [4.69, 9.17) is 0 Å². The minimum Gasteiger partial charge on any atom is -0.311 e. The third-order valence-electron chi connectivity index (χ3n) is 4.16. The van der Waals surface area contributed by atoms with Crippen molar-refractivity contribution in [3.63, 3.8) is 0 Å². The van der Waals surface area contributed by atoms with Crippen LogP contribution in [0, 0.1) is 0 Å². The van der Waals surface area contributed by atoms with Crippen LogP contribution in [0.4, 0.5) is 0 Å². The average molecular weight is 343 g/mol. The Balaban J connectivity index is 1.85. The quantitative estimate of drug-likeness (QED) is 0.806. The largest absolute Gasteiger partial charge is 0.311 e. The van der Waals surface area contributed by atoms with Gasteiger partial charge in [-0.05, 0) is 44.1 Å². The van der Waals surface area contributed by atoms with Gasteiger partial charge in [0, 0.05) is 30.1 Å². The highest BCUT2D eigenvalue weighted by Gasteiger charge is 2.25. The van der Waals surface area contributed by atoms with Gasteiger partial charge in [0.25, 0.3) is 0 Å². The summed E-state index contributed by atoms with van der Waals surface area (Å²) in [6.45, 7) is 3.47. The van der Waals surface area contributed by atoms with Crippen LogP contribution in [-0.2, 0) is 16.4 Å². The molecule has 6 heteroatoms. The lowest BCUT2D eigenvalue weighted by molar-refractivity contribution is 0.277. The van der Waals surface area contributed by atoms with E-state index in [1.807, 2.05) is 0 Å². The molecule has 0 spiro atoms. The van der Waals surface area contributed by atoms with Crippen LogP contribution >= 0.6 is 11.8 Å². The minimum absolute atomic E-state index is 0.392. The maximum atomic E-state index is 11.5. The molecule has 2 rings (SSSR count). The van der Waals surface area contributed by atoms with Gasteiger partial charge in [-0.25, -0.2) is 12.7 Å². The maximum absolute atomic E-state index is 11.5. The van der Waals surface area contributed by atoms with Gasteiger partial charge < -0.3 is 5.32 Å². The minimum atomic E-state index is -3.03. The number of hydrogen-bond donors (Lipinski definition) is 1. The Labute approximate surface area is 138 Å². The van der Waals surface area contributed by atoms with Crippen molar-refractivity contribution in [1.29, 1.82) is 0 Å². The molecule has 1 aromatic rings. The Hall–Kier alpha value is -0.560. The molecule has 0 aromatic heterocycles. The normalized spacial score (nSPS) is 19.2. The second-order valence-corrected chi connectivity index (χ2v) is 8.85. The average Bonchev–Trinajstić information content (AvgIpc) is 2.47. The molecule has 1 saturated heterocycles. The van der Waals surface area contributed by atoms with Crippen LogP contribution in [0.5, 0.6) is 0 Å². The van der Waals surface area contributed by atoms with Crippen LogP contribution in [0.2, 0.25) is 0 Å². The zero-order valence-electron chi connectivity index (χ0n) is 13.6. The van der Waals surface area contributed by atoms with Crippen LogP contribution in [0.25, 0.3) is 0 Å². The summed E-state index contributed by atoms with van der Waals surface area (Å²) in [6, 6.07) is 9.33. The number of hydrogen-bond acceptors (Lipinski definition) is 4. The van der Waals surface area contributed by atoms with Crippen LogP contribution < -0.4 is 5.32 Å². The van der Waals surface area contributed by atoms with Gasteiger partial charge in [0.1, 0.15) is 0 Å². The molecule has 1 atom stereocenters. The Morgan fingerprint density at radius 2 is 1.95 bits per heavy atom. The fraction of sp³-hybridized carbons (Fsp3) is 0.625. The van der Waals surface area contributed by atoms with Crippen molar-refractivity contribution in [2.45, 2.75) is 43.2 Å². The smallest absolute Gasteiger partial charge is 0.211 e. The number of piperidine rings is 1. The molecule has 22 heavy (non-hydrogen) atoms. The van der Waals surface area contributed by atoms with E-state index in [0.717, 1.165) is 19.3 Å². The van der Waals surface area contributed by atoms with Gasteiger partial charge in [0.2, 0.25) is 10.0 Å². The zero-order chi connectivity index (χ0) is 16.2. The summed E-state index contributed by atoms with van der Waals surface area (Å²) < 4.78 is 24.6. The molecule has 1 N–H and O–H groups in total. The molecular formula is C16H26N2O2S2. The van der Waals surface area contributed by atoms with Crippen molar-refractivity contribution in [3.8, 4) is 0 Å². The van der Waals surface area contributed by atoms with Crippen molar-refractivity contribution in [3.05, 3.63) is 29.8 Å². The predicted molar refractivity (Wildman–Crippen MR) is 94.0 cm³/mol. The number of nitrogens with one attached hydrogen (secondary N) is 1. The summed E-state index contributed by atoms with van der Waals surface area (Å²) in [5.74, 6) is 0. The van der Waals surface area contributed by atoms with Gasteiger partial charge in [-0.15, -0.1) is 11.8 Å². The van der Waals surface area contributed by atoms with E-state index in [0.29, 0.717) is 25.2 Å². The predicted octanol–water partition coefficient (Wildman–Crippen LogP) is 2.35. The lowest BCUT2D eigenvalue weighted by Gasteiger charge is -2.32. The van der Waals surface area contributed by atoms with Gasteiger partial charge in [-0.2, -0.15) is 0 Å². The first kappa shape index (κ1) is 17.8. The number of nitrogens with zero attached hydrogens (tertiary/aromatic N) is 1. The molecule has 0 saturated carbocycles. The topological polar surface area (TPSA) is 49.4 Å². The molecule has 0 unspecified atom stereocenters. The van der Waals surface area contributed by atoms with Crippen LogP contribution in [0.15, 0.2) is 29.2 Å². The third kappa shape index (κ3) is 4.98. The van der Waals surface area contributed by atoms with E-state index in [9.17, 15) is 8.42 Å². The SMILES string of the molecule is CSc1ccccc1C[C@H](C)NC1CCN(S(C)(=O)=O)CC1. The van der Waals surface area contributed by atoms with Crippen molar-refractivity contribution in [2.24, 2.45) is 0 Å². The van der Waals surface area contributed by atoms with E-state index in [2.05, 4.69) is 42.8 Å². The highest BCUT2D eigenvalue weighted by molar-refractivity contribution is 7.98. The first-order valence-corrected chi connectivity index (χ1v) is 10.8. The van der Waals surface area contributed by atoms with Gasteiger partial charge >= 0.3 is 0 Å². The van der Waals surface area contributed by atoms with Gasteiger partial charge in [0.15, 0.2) is 0 Å². The van der Waals surface area contributed by atoms with E-state index in [-0.39, 0.29) is 0 Å². The van der Waals surface area contributed by atoms with Crippen LogP contribution in [-0.4, -0.2) is 50.4 Å². The second-order valence-electron chi connectivity index (χ2n) is 6.02. The molecule has 0 amide bonds. The lowest BCUT2D eigenvalue weighted by Crippen LogP contribution is -2.47. The number of sulfonamides is 1. The molecule has 4 nitrogen and oxygen atoms in total. The highest BCUT2D eigenvalue weighted by Crippen LogP contribution is 2.21. The first-order chi connectivity index (χ1) is 10.4. The third-order valence-corrected chi connectivity index (χ3v) is 6.30. The van der Waals surface area contributed by atoms with Crippen molar-refractivity contribution < 1.29 is 8.42 Å². The summed E-state index contributed by atoms with van der Waals surface area (Å²) >= 11 is 1.79. The van der Waals surface area contributed by atoms with Gasteiger partial charge in [-0.3, -0.25) is 0 Å². The number of thioether (sulfide) groups is 1. The highest BCUT2D eigenvalue weighted by atomic mass is 32.2. The van der Waals surface area contributed by atoms with E-state index < -0.39 is 10.0 Å². The first-order valence-electron chi connectivity index (χ1n) is 7.73. The fourth-order valence-electron chi connectivity index (χ4n) is 3.02. The lowest BCUT2D eigenvalue weighted by atomic mass is 10.0. The van der Waals surface area contributed by atoms with Gasteiger partial charge in [-0.1, -0.05) is 18.2 Å². The molecule has 124 valence electrons. The standard InChI is InChI=1S/C16H26N2O2S2/c1-13(12-14-6-4-5-7-16(14)21-2)17-15-8-10-18(11-9-15)22(3,19)20/h4-7,13,15,17H,8-12H2,1-3H3/t13-/m0/s1. The van der Waals surface area contributed by atoms with E-state index in [1.54, 1.807) is 16.1 Å². The number of rotatable bonds is 6. The fourth-order valence-corrected chi connectivity index (χ4v) is 4.52. The van der Waals surface area contributed by atoms with Crippen molar-refractivity contribution in [2.75, 3.05) is 25.6 Å². The molecular weight excluding hydrogens is 316 g/mol. The molecule has 0 bridgehead atoms. The Bertz CT molecular complexity index is 582. The van der Waals surface area contributed by atoms with E-state index >= 15 is 0 Å². The molecule has 1 aliphatic heterocycles. The Morgan fingerprint density at radius 1 is 1.32 bits per heavy atom. The Kier molecular flexibility index (Phi) is 6.32. The van der Waals surface area contributed by atoms with Crippen molar-refractivity contribution in [1.82, 2.24) is 9.62 Å². The zero-order valence-corrected chi connectivity index (χ0v) is 15.2. The van der Waals surface area contributed by atoms with E-state index in [1.165, 1.54) is 16.7 Å². The van der Waals surface area contributed by atoms with Crippen LogP contribution in [0.1, 0.15) is 25.3 Å². The molecule has 0 radical (unpaired) electrons. The van der Waals surface area contributed by atoms with Crippen molar-refractivity contribution >= 4 is 21.8 Å². The van der Waals surface area contributed by atoms with Gasteiger partial charge in [0.05, 0.1) is 6.26 Å². The maximum Gasteiger partial charge on any atom is 0.211 e. The van der Waals surface area contributed by atoms with Crippen LogP contribution in [0.3, 0.4) is 0 Å².